The lowest BCUT2D eigenvalue weighted by molar-refractivity contribution is -0.139. The van der Waals surface area contributed by atoms with Crippen molar-refractivity contribution in [3.8, 4) is 0 Å². The van der Waals surface area contributed by atoms with Crippen molar-refractivity contribution in [2.45, 2.75) is 25.3 Å². The number of carbonyl (C=O) groups is 3. The zero-order valence-electron chi connectivity index (χ0n) is 12.3. The lowest BCUT2D eigenvalue weighted by Crippen LogP contribution is -2.47. The molecule has 1 atom stereocenters. The van der Waals surface area contributed by atoms with E-state index in [-0.39, 0.29) is 12.8 Å². The zero-order valence-corrected chi connectivity index (χ0v) is 12.3. The van der Waals surface area contributed by atoms with Crippen LogP contribution in [0.4, 0.5) is 4.79 Å². The lowest BCUT2D eigenvalue weighted by Gasteiger charge is -2.21. The molecule has 0 aliphatic heterocycles. The molecule has 20 heavy (non-hydrogen) atoms. The Morgan fingerprint density at radius 3 is 2.25 bits per heavy atom. The van der Waals surface area contributed by atoms with Gasteiger partial charge in [0.05, 0.1) is 0 Å². The van der Waals surface area contributed by atoms with E-state index in [2.05, 4.69) is 5.32 Å². The number of primary amides is 1. The van der Waals surface area contributed by atoms with E-state index in [9.17, 15) is 14.4 Å². The van der Waals surface area contributed by atoms with Crippen LogP contribution in [-0.4, -0.2) is 73.1 Å². The molecule has 0 aliphatic rings. The molecule has 0 aromatic carbocycles. The number of urea groups is 1. The number of carboxylic acids is 1. The van der Waals surface area contributed by atoms with Gasteiger partial charge in [-0.2, -0.15) is 0 Å². The van der Waals surface area contributed by atoms with E-state index in [4.69, 9.17) is 10.8 Å². The molecule has 0 aromatic rings. The molecule has 4 N–H and O–H groups in total. The molecule has 0 unspecified atom stereocenters. The van der Waals surface area contributed by atoms with Gasteiger partial charge in [0.2, 0.25) is 5.91 Å². The maximum absolute atomic E-state index is 11.8. The average Bonchev–Trinajstić information content (AvgIpc) is 2.32. The summed E-state index contributed by atoms with van der Waals surface area (Å²) in [5, 5.41) is 11.3. The summed E-state index contributed by atoms with van der Waals surface area (Å²) in [5.74, 6) is -1.77. The second-order valence-electron chi connectivity index (χ2n) is 4.92. The van der Waals surface area contributed by atoms with Gasteiger partial charge in [-0.15, -0.1) is 0 Å². The summed E-state index contributed by atoms with van der Waals surface area (Å²) in [6.45, 7) is 1.35. The number of rotatable bonds is 9. The predicted molar refractivity (Wildman–Crippen MR) is 74.2 cm³/mol. The zero-order chi connectivity index (χ0) is 15.7. The first-order chi connectivity index (χ1) is 9.23. The highest BCUT2D eigenvalue weighted by molar-refractivity contribution is 5.83. The van der Waals surface area contributed by atoms with Crippen LogP contribution >= 0.6 is 0 Å². The van der Waals surface area contributed by atoms with Crippen LogP contribution in [0, 0.1) is 0 Å². The van der Waals surface area contributed by atoms with Crippen molar-refractivity contribution in [2.24, 2.45) is 5.73 Å². The van der Waals surface area contributed by atoms with Crippen molar-refractivity contribution in [2.75, 3.05) is 34.2 Å². The molecule has 0 aliphatic carbocycles. The van der Waals surface area contributed by atoms with Crippen molar-refractivity contribution in [1.29, 1.82) is 0 Å². The second-order valence-corrected chi connectivity index (χ2v) is 4.92. The van der Waals surface area contributed by atoms with Crippen molar-refractivity contribution >= 4 is 17.9 Å². The Bertz CT molecular complexity index is 346. The molecular weight excluding hydrogens is 264 g/mol. The number of hydrogen-bond donors (Lipinski definition) is 3. The first-order valence-corrected chi connectivity index (χ1v) is 6.41. The number of hydrogen-bond acceptors (Lipinski definition) is 4. The summed E-state index contributed by atoms with van der Waals surface area (Å²) in [4.78, 5) is 36.9. The van der Waals surface area contributed by atoms with Gasteiger partial charge in [0.15, 0.2) is 0 Å². The van der Waals surface area contributed by atoms with Crippen LogP contribution in [0.3, 0.4) is 0 Å². The molecule has 0 radical (unpaired) electrons. The number of nitrogens with one attached hydrogen (secondary N) is 1. The van der Waals surface area contributed by atoms with E-state index < -0.39 is 23.9 Å². The van der Waals surface area contributed by atoms with E-state index in [1.807, 2.05) is 19.0 Å². The highest BCUT2D eigenvalue weighted by Gasteiger charge is 2.22. The normalized spacial score (nSPS) is 12.0. The van der Waals surface area contributed by atoms with Gasteiger partial charge in [0.25, 0.3) is 0 Å². The number of nitrogens with two attached hydrogens (primary N) is 1. The van der Waals surface area contributed by atoms with Gasteiger partial charge in [0.1, 0.15) is 6.04 Å². The molecule has 0 saturated heterocycles. The predicted octanol–water partition coefficient (Wildman–Crippen LogP) is -0.702. The van der Waals surface area contributed by atoms with E-state index in [1.54, 1.807) is 7.05 Å². The molecule has 8 heteroatoms. The number of carbonyl (C=O) groups excluding carboxylic acids is 2. The molecule has 3 amide bonds. The third-order valence-corrected chi connectivity index (χ3v) is 2.72. The smallest absolute Gasteiger partial charge is 0.326 e. The molecule has 0 aromatic heterocycles. The van der Waals surface area contributed by atoms with E-state index >= 15 is 0 Å². The van der Waals surface area contributed by atoms with E-state index in [1.165, 1.54) is 4.90 Å². The number of carboxylic acid groups (broad SMARTS) is 1. The topological polar surface area (TPSA) is 116 Å². The van der Waals surface area contributed by atoms with Gasteiger partial charge in [0, 0.05) is 20.0 Å². The molecule has 116 valence electrons. The summed E-state index contributed by atoms with van der Waals surface area (Å²) in [5.41, 5.74) is 4.97. The third kappa shape index (κ3) is 8.30. The highest BCUT2D eigenvalue weighted by Crippen LogP contribution is 1.99. The molecule has 0 spiro atoms. The van der Waals surface area contributed by atoms with Gasteiger partial charge < -0.3 is 26.0 Å². The molecule has 0 saturated carbocycles. The van der Waals surface area contributed by atoms with Crippen LogP contribution in [0.25, 0.3) is 0 Å². The Morgan fingerprint density at radius 2 is 1.80 bits per heavy atom. The van der Waals surface area contributed by atoms with Gasteiger partial charge in [-0.3, -0.25) is 4.79 Å². The standard InChI is InChI=1S/C12H24N4O4/c1-15(2)7-4-8-16(3)12(20)14-9(11(18)19)5-6-10(13)17/h9H,4-8H2,1-3H3,(H2,13,17)(H,14,20)(H,18,19)/t9-/m1/s1. The Hall–Kier alpha value is -1.83. The third-order valence-electron chi connectivity index (χ3n) is 2.72. The lowest BCUT2D eigenvalue weighted by atomic mass is 10.1. The van der Waals surface area contributed by atoms with Crippen LogP contribution in [0.15, 0.2) is 0 Å². The minimum Gasteiger partial charge on any atom is -0.480 e. The Morgan fingerprint density at radius 1 is 1.20 bits per heavy atom. The fourth-order valence-electron chi connectivity index (χ4n) is 1.53. The maximum Gasteiger partial charge on any atom is 0.326 e. The summed E-state index contributed by atoms with van der Waals surface area (Å²) < 4.78 is 0. The molecule has 0 bridgehead atoms. The number of aliphatic carboxylic acids is 1. The van der Waals surface area contributed by atoms with Crippen molar-refractivity contribution in [3.05, 3.63) is 0 Å². The minimum atomic E-state index is -1.18. The van der Waals surface area contributed by atoms with Crippen molar-refractivity contribution < 1.29 is 19.5 Å². The molecular formula is C12H24N4O4. The fraction of sp³-hybridized carbons (Fsp3) is 0.750. The monoisotopic (exact) mass is 288 g/mol. The quantitative estimate of drug-likeness (QED) is 0.519. The SMILES string of the molecule is CN(C)CCCN(C)C(=O)N[C@H](CCC(N)=O)C(=O)O. The van der Waals surface area contributed by atoms with E-state index in [0.29, 0.717) is 6.54 Å². The van der Waals surface area contributed by atoms with Gasteiger partial charge in [-0.1, -0.05) is 0 Å². The van der Waals surface area contributed by atoms with Crippen molar-refractivity contribution in [1.82, 2.24) is 15.1 Å². The summed E-state index contributed by atoms with van der Waals surface area (Å²) in [6, 6.07) is -1.58. The number of amides is 3. The summed E-state index contributed by atoms with van der Waals surface area (Å²) in [7, 11) is 5.46. The molecule has 0 heterocycles. The van der Waals surface area contributed by atoms with Crippen molar-refractivity contribution in [3.63, 3.8) is 0 Å². The van der Waals surface area contributed by atoms with E-state index in [0.717, 1.165) is 13.0 Å². The van der Waals surface area contributed by atoms with Crippen LogP contribution in [0.2, 0.25) is 0 Å². The minimum absolute atomic E-state index is 0.0120. The van der Waals surface area contributed by atoms with Crippen LogP contribution in [0.5, 0.6) is 0 Å². The number of nitrogens with zero attached hydrogens (tertiary/aromatic N) is 2. The highest BCUT2D eigenvalue weighted by atomic mass is 16.4. The van der Waals surface area contributed by atoms with Crippen LogP contribution in [-0.2, 0) is 9.59 Å². The van der Waals surface area contributed by atoms with Crippen LogP contribution in [0.1, 0.15) is 19.3 Å². The Kier molecular flexibility index (Phi) is 8.30. The van der Waals surface area contributed by atoms with Crippen LogP contribution < -0.4 is 11.1 Å². The molecule has 0 rings (SSSR count). The largest absolute Gasteiger partial charge is 0.480 e. The van der Waals surface area contributed by atoms with Gasteiger partial charge >= 0.3 is 12.0 Å². The first-order valence-electron chi connectivity index (χ1n) is 6.41. The first kappa shape index (κ1) is 18.2. The second kappa shape index (κ2) is 9.13. The summed E-state index contributed by atoms with van der Waals surface area (Å²) >= 11 is 0. The maximum atomic E-state index is 11.8. The molecule has 0 fully saturated rings. The Labute approximate surface area is 118 Å². The fourth-order valence-corrected chi connectivity index (χ4v) is 1.53. The molecule has 8 nitrogen and oxygen atoms in total. The van der Waals surface area contributed by atoms with Gasteiger partial charge in [-0.05, 0) is 33.5 Å². The Balaban J connectivity index is 4.23. The summed E-state index contributed by atoms with van der Waals surface area (Å²) in [6.07, 6.45) is 0.694. The van der Waals surface area contributed by atoms with Gasteiger partial charge in [-0.25, -0.2) is 9.59 Å². The average molecular weight is 288 g/mol.